The van der Waals surface area contributed by atoms with Crippen molar-refractivity contribution in [1.29, 1.82) is 0 Å². The van der Waals surface area contributed by atoms with Gasteiger partial charge in [-0.2, -0.15) is 0 Å². The molecule has 3 nitrogen and oxygen atoms in total. The van der Waals surface area contributed by atoms with E-state index < -0.39 is 0 Å². The summed E-state index contributed by atoms with van der Waals surface area (Å²) in [5, 5.41) is 0. The fourth-order valence-corrected chi connectivity index (χ4v) is 2.41. The predicted octanol–water partition coefficient (Wildman–Crippen LogP) is 1.86. The predicted molar refractivity (Wildman–Crippen MR) is 59.4 cm³/mol. The van der Waals surface area contributed by atoms with E-state index in [0.29, 0.717) is 6.42 Å². The Morgan fingerprint density at radius 2 is 1.67 bits per heavy atom. The highest BCUT2D eigenvalue weighted by atomic mass is 16.2. The van der Waals surface area contributed by atoms with Crippen molar-refractivity contribution in [2.24, 2.45) is 11.8 Å². The summed E-state index contributed by atoms with van der Waals surface area (Å²) in [4.78, 5) is 25.3. The molecule has 0 heterocycles. The van der Waals surface area contributed by atoms with E-state index in [1.165, 1.54) is 0 Å². The highest BCUT2D eigenvalue weighted by Crippen LogP contribution is 2.32. The third-order valence-corrected chi connectivity index (χ3v) is 3.29. The Bertz CT molecular complexity index is 248. The van der Waals surface area contributed by atoms with Crippen molar-refractivity contribution in [3.8, 4) is 0 Å². The summed E-state index contributed by atoms with van der Waals surface area (Å²) in [6, 6.07) is 0. The molecule has 2 atom stereocenters. The zero-order chi connectivity index (χ0) is 11.4. The lowest BCUT2D eigenvalue weighted by molar-refractivity contribution is -0.140. The van der Waals surface area contributed by atoms with Crippen LogP contribution in [0.5, 0.6) is 0 Å². The lowest BCUT2D eigenvalue weighted by Gasteiger charge is -2.31. The molecule has 1 aliphatic carbocycles. The number of rotatable bonds is 3. The molecule has 2 unspecified atom stereocenters. The molecule has 15 heavy (non-hydrogen) atoms. The van der Waals surface area contributed by atoms with Gasteiger partial charge in [-0.1, -0.05) is 19.8 Å². The van der Waals surface area contributed by atoms with E-state index in [1.54, 1.807) is 19.0 Å². The number of Topliss-reactive ketones (excluding diaryl/α,β-unsaturated/α-hetero) is 1. The van der Waals surface area contributed by atoms with Crippen LogP contribution in [-0.4, -0.2) is 30.7 Å². The maximum atomic E-state index is 11.9. The van der Waals surface area contributed by atoms with Gasteiger partial charge in [-0.3, -0.25) is 9.59 Å². The highest BCUT2D eigenvalue weighted by molar-refractivity contribution is 5.88. The van der Waals surface area contributed by atoms with E-state index in [4.69, 9.17) is 0 Å². The topological polar surface area (TPSA) is 37.4 Å². The van der Waals surface area contributed by atoms with Crippen LogP contribution in [-0.2, 0) is 9.59 Å². The molecule has 1 amide bonds. The van der Waals surface area contributed by atoms with Gasteiger partial charge in [0.25, 0.3) is 0 Å². The van der Waals surface area contributed by atoms with E-state index in [1.807, 2.05) is 6.92 Å². The van der Waals surface area contributed by atoms with Crippen molar-refractivity contribution >= 4 is 11.7 Å². The third kappa shape index (κ3) is 2.80. The molecule has 1 fully saturated rings. The first-order valence-corrected chi connectivity index (χ1v) is 5.81. The summed E-state index contributed by atoms with van der Waals surface area (Å²) in [7, 11) is 3.54. The maximum Gasteiger partial charge on any atom is 0.225 e. The van der Waals surface area contributed by atoms with Crippen LogP contribution in [0.3, 0.4) is 0 Å². The molecule has 0 aromatic carbocycles. The number of carbonyl (C=O) groups is 2. The first kappa shape index (κ1) is 12.2. The molecule has 0 aromatic rings. The molecule has 0 bridgehead atoms. The highest BCUT2D eigenvalue weighted by Gasteiger charge is 2.35. The molecule has 1 saturated carbocycles. The Morgan fingerprint density at radius 1 is 1.13 bits per heavy atom. The number of amides is 1. The monoisotopic (exact) mass is 211 g/mol. The van der Waals surface area contributed by atoms with Gasteiger partial charge in [0.05, 0.1) is 0 Å². The number of carbonyl (C=O) groups excluding carboxylic acids is 2. The molecule has 1 rings (SSSR count). The van der Waals surface area contributed by atoms with Crippen molar-refractivity contribution in [3.05, 3.63) is 0 Å². The van der Waals surface area contributed by atoms with Crippen molar-refractivity contribution < 1.29 is 9.59 Å². The van der Waals surface area contributed by atoms with Gasteiger partial charge in [0, 0.05) is 32.4 Å². The van der Waals surface area contributed by atoms with Gasteiger partial charge in [0.2, 0.25) is 5.91 Å². The van der Waals surface area contributed by atoms with E-state index in [9.17, 15) is 9.59 Å². The number of nitrogens with zero attached hydrogens (tertiary/aromatic N) is 1. The van der Waals surface area contributed by atoms with Crippen LogP contribution in [0.1, 0.15) is 39.0 Å². The van der Waals surface area contributed by atoms with Crippen LogP contribution in [0, 0.1) is 11.8 Å². The average Bonchev–Trinajstić information content (AvgIpc) is 2.27. The Labute approximate surface area is 91.8 Å². The van der Waals surface area contributed by atoms with Crippen LogP contribution >= 0.6 is 0 Å². The smallest absolute Gasteiger partial charge is 0.225 e. The summed E-state index contributed by atoms with van der Waals surface area (Å²) >= 11 is 0. The summed E-state index contributed by atoms with van der Waals surface area (Å²) < 4.78 is 0. The summed E-state index contributed by atoms with van der Waals surface area (Å²) in [5.74, 6) is 0.316. The number of hydrogen-bond acceptors (Lipinski definition) is 2. The molecule has 0 N–H and O–H groups in total. The Balaban J connectivity index is 2.73. The Kier molecular flexibility index (Phi) is 4.30. The van der Waals surface area contributed by atoms with Crippen molar-refractivity contribution in [3.63, 3.8) is 0 Å². The minimum absolute atomic E-state index is 0.0151. The average molecular weight is 211 g/mol. The number of hydrogen-bond donors (Lipinski definition) is 0. The molecule has 0 radical (unpaired) electrons. The SMILES string of the molecule is CCC(=O)C1CCCCC1C(=O)N(C)C. The van der Waals surface area contributed by atoms with Crippen LogP contribution in [0.4, 0.5) is 0 Å². The van der Waals surface area contributed by atoms with E-state index in [2.05, 4.69) is 0 Å². The fraction of sp³-hybridized carbons (Fsp3) is 0.833. The zero-order valence-corrected chi connectivity index (χ0v) is 9.95. The van der Waals surface area contributed by atoms with Crippen LogP contribution in [0.25, 0.3) is 0 Å². The van der Waals surface area contributed by atoms with Crippen LogP contribution in [0.15, 0.2) is 0 Å². The van der Waals surface area contributed by atoms with Crippen molar-refractivity contribution in [2.75, 3.05) is 14.1 Å². The molecule has 0 aliphatic heterocycles. The molecule has 1 aliphatic rings. The van der Waals surface area contributed by atoms with Gasteiger partial charge < -0.3 is 4.90 Å². The minimum atomic E-state index is -0.0544. The lowest BCUT2D eigenvalue weighted by Crippen LogP contribution is -2.39. The third-order valence-electron chi connectivity index (χ3n) is 3.29. The summed E-state index contributed by atoms with van der Waals surface area (Å²) in [6.45, 7) is 1.88. The second kappa shape index (κ2) is 5.29. The first-order valence-electron chi connectivity index (χ1n) is 5.81. The van der Waals surface area contributed by atoms with Crippen molar-refractivity contribution in [2.45, 2.75) is 39.0 Å². The molecule has 0 aromatic heterocycles. The Morgan fingerprint density at radius 3 is 2.13 bits per heavy atom. The second-order valence-corrected chi connectivity index (χ2v) is 4.55. The lowest BCUT2D eigenvalue weighted by atomic mass is 9.75. The minimum Gasteiger partial charge on any atom is -0.349 e. The summed E-state index contributed by atoms with van der Waals surface area (Å²) in [5.41, 5.74) is 0. The number of ketones is 1. The molecule has 3 heteroatoms. The quantitative estimate of drug-likeness (QED) is 0.714. The fourth-order valence-electron chi connectivity index (χ4n) is 2.41. The largest absolute Gasteiger partial charge is 0.349 e. The van der Waals surface area contributed by atoms with Gasteiger partial charge in [-0.25, -0.2) is 0 Å². The summed E-state index contributed by atoms with van der Waals surface area (Å²) in [6.07, 6.45) is 4.51. The normalized spacial score (nSPS) is 26.1. The van der Waals surface area contributed by atoms with Gasteiger partial charge in [0.15, 0.2) is 0 Å². The molecule has 86 valence electrons. The maximum absolute atomic E-state index is 11.9. The second-order valence-electron chi connectivity index (χ2n) is 4.55. The van der Waals surface area contributed by atoms with Crippen molar-refractivity contribution in [1.82, 2.24) is 4.90 Å². The van der Waals surface area contributed by atoms with E-state index in [0.717, 1.165) is 25.7 Å². The molecule has 0 spiro atoms. The standard InChI is InChI=1S/C12H21NO2/c1-4-11(14)9-7-5-6-8-10(9)12(15)13(2)3/h9-10H,4-8H2,1-3H3. The van der Waals surface area contributed by atoms with Crippen LogP contribution < -0.4 is 0 Å². The van der Waals surface area contributed by atoms with Gasteiger partial charge in [-0.15, -0.1) is 0 Å². The van der Waals surface area contributed by atoms with Gasteiger partial charge in [-0.05, 0) is 12.8 Å². The van der Waals surface area contributed by atoms with E-state index in [-0.39, 0.29) is 23.5 Å². The molecule has 0 saturated heterocycles. The zero-order valence-electron chi connectivity index (χ0n) is 9.95. The first-order chi connectivity index (χ1) is 7.07. The molecular formula is C12H21NO2. The van der Waals surface area contributed by atoms with Gasteiger partial charge in [0.1, 0.15) is 5.78 Å². The van der Waals surface area contributed by atoms with E-state index >= 15 is 0 Å². The Hall–Kier alpha value is -0.860. The van der Waals surface area contributed by atoms with Crippen LogP contribution in [0.2, 0.25) is 0 Å². The molecular weight excluding hydrogens is 190 g/mol. The van der Waals surface area contributed by atoms with Gasteiger partial charge >= 0.3 is 0 Å².